The van der Waals surface area contributed by atoms with Crippen molar-refractivity contribution in [3.63, 3.8) is 0 Å². The molecule has 0 saturated carbocycles. The van der Waals surface area contributed by atoms with Gasteiger partial charge >= 0.3 is 5.97 Å². The standard InChI is InChI=1S/C19H24N2O5S/c1-19(2,3)9-17(23)26-10-16(22)21-18-20-14(11-27-18)13-8-12(24-4)6-7-15(13)25-5/h6-8,11H,9-10H2,1-5H3,(H,20,21,22). The smallest absolute Gasteiger partial charge is 0.306 e. The Morgan fingerprint density at radius 3 is 2.56 bits per heavy atom. The number of amides is 1. The van der Waals surface area contributed by atoms with E-state index >= 15 is 0 Å². The van der Waals surface area contributed by atoms with Gasteiger partial charge in [0.05, 0.1) is 26.3 Å². The summed E-state index contributed by atoms with van der Waals surface area (Å²) in [5.74, 6) is 0.486. The summed E-state index contributed by atoms with van der Waals surface area (Å²) in [7, 11) is 3.16. The lowest BCUT2D eigenvalue weighted by Crippen LogP contribution is -2.23. The Bertz CT molecular complexity index is 811. The number of carbonyl (C=O) groups excluding carboxylic acids is 2. The zero-order valence-corrected chi connectivity index (χ0v) is 16.9. The number of rotatable bonds is 7. The molecule has 1 N–H and O–H groups in total. The second kappa shape index (κ2) is 8.85. The van der Waals surface area contributed by atoms with Crippen molar-refractivity contribution in [2.75, 3.05) is 26.1 Å². The predicted molar refractivity (Wildman–Crippen MR) is 104 cm³/mol. The molecule has 2 rings (SSSR count). The van der Waals surface area contributed by atoms with Crippen molar-refractivity contribution in [3.05, 3.63) is 23.6 Å². The minimum Gasteiger partial charge on any atom is -0.497 e. The lowest BCUT2D eigenvalue weighted by Gasteiger charge is -2.16. The van der Waals surface area contributed by atoms with Crippen LogP contribution in [0.25, 0.3) is 11.3 Å². The van der Waals surface area contributed by atoms with Crippen molar-refractivity contribution < 1.29 is 23.8 Å². The van der Waals surface area contributed by atoms with Crippen LogP contribution in [0.5, 0.6) is 11.5 Å². The quantitative estimate of drug-likeness (QED) is 0.722. The number of ether oxygens (including phenoxy) is 3. The van der Waals surface area contributed by atoms with Crippen LogP contribution in [0.2, 0.25) is 0 Å². The van der Waals surface area contributed by atoms with Crippen molar-refractivity contribution >= 4 is 28.3 Å². The van der Waals surface area contributed by atoms with E-state index in [0.717, 1.165) is 5.56 Å². The third-order valence-corrected chi connectivity index (χ3v) is 4.23. The average Bonchev–Trinajstić information content (AvgIpc) is 3.06. The highest BCUT2D eigenvalue weighted by molar-refractivity contribution is 7.14. The van der Waals surface area contributed by atoms with Gasteiger partial charge in [0.2, 0.25) is 0 Å². The third kappa shape index (κ3) is 6.25. The molecular weight excluding hydrogens is 368 g/mol. The monoisotopic (exact) mass is 392 g/mol. The van der Waals surface area contributed by atoms with Gasteiger partial charge in [0, 0.05) is 10.9 Å². The zero-order chi connectivity index (χ0) is 20.0. The average molecular weight is 392 g/mol. The van der Waals surface area contributed by atoms with Crippen LogP contribution in [0, 0.1) is 5.41 Å². The SMILES string of the molecule is COc1ccc(OC)c(-c2csc(NC(=O)COC(=O)CC(C)(C)C)n2)c1. The Morgan fingerprint density at radius 2 is 1.93 bits per heavy atom. The predicted octanol–water partition coefficient (Wildman–Crippen LogP) is 3.75. The molecule has 0 unspecified atom stereocenters. The van der Waals surface area contributed by atoms with Crippen molar-refractivity contribution in [1.82, 2.24) is 4.98 Å². The second-order valence-corrected chi connectivity index (χ2v) is 7.91. The molecule has 0 spiro atoms. The van der Waals surface area contributed by atoms with Crippen molar-refractivity contribution in [3.8, 4) is 22.8 Å². The highest BCUT2D eigenvalue weighted by Crippen LogP contribution is 2.35. The van der Waals surface area contributed by atoms with Gasteiger partial charge in [-0.25, -0.2) is 4.98 Å². The first-order valence-electron chi connectivity index (χ1n) is 8.35. The fourth-order valence-electron chi connectivity index (χ4n) is 2.25. The van der Waals surface area contributed by atoms with E-state index in [0.29, 0.717) is 22.3 Å². The number of hydrogen-bond donors (Lipinski definition) is 1. The maximum Gasteiger partial charge on any atom is 0.306 e. The molecule has 146 valence electrons. The van der Waals surface area contributed by atoms with Crippen LogP contribution >= 0.6 is 11.3 Å². The van der Waals surface area contributed by atoms with E-state index in [1.165, 1.54) is 11.3 Å². The second-order valence-electron chi connectivity index (χ2n) is 7.05. The molecule has 0 fully saturated rings. The summed E-state index contributed by atoms with van der Waals surface area (Å²) in [5, 5.41) is 4.85. The lowest BCUT2D eigenvalue weighted by atomic mass is 9.93. The number of esters is 1. The number of benzene rings is 1. The Hall–Kier alpha value is -2.61. The Balaban J connectivity index is 2.00. The summed E-state index contributed by atoms with van der Waals surface area (Å²) < 4.78 is 15.6. The van der Waals surface area contributed by atoms with Crippen LogP contribution in [0.3, 0.4) is 0 Å². The Kier molecular flexibility index (Phi) is 6.79. The summed E-state index contributed by atoms with van der Waals surface area (Å²) in [6.45, 7) is 5.45. The number of carbonyl (C=O) groups is 2. The summed E-state index contributed by atoms with van der Waals surface area (Å²) in [6.07, 6.45) is 0.247. The largest absolute Gasteiger partial charge is 0.497 e. The van der Waals surface area contributed by atoms with Gasteiger partial charge in [0.15, 0.2) is 11.7 Å². The number of nitrogens with one attached hydrogen (secondary N) is 1. The molecule has 0 aliphatic rings. The molecule has 1 aromatic carbocycles. The molecular formula is C19H24N2O5S. The number of aromatic nitrogens is 1. The van der Waals surface area contributed by atoms with Crippen LogP contribution in [0.15, 0.2) is 23.6 Å². The molecule has 0 aliphatic carbocycles. The molecule has 2 aromatic rings. The molecule has 0 aliphatic heterocycles. The number of methoxy groups -OCH3 is 2. The summed E-state index contributed by atoms with van der Waals surface area (Å²) in [5.41, 5.74) is 1.22. The molecule has 0 radical (unpaired) electrons. The lowest BCUT2D eigenvalue weighted by molar-refractivity contribution is -0.149. The molecule has 0 bridgehead atoms. The zero-order valence-electron chi connectivity index (χ0n) is 16.1. The minimum absolute atomic E-state index is 0.187. The molecule has 8 heteroatoms. The fraction of sp³-hybridized carbons (Fsp3) is 0.421. The highest BCUT2D eigenvalue weighted by atomic mass is 32.1. The van der Waals surface area contributed by atoms with Gasteiger partial charge in [-0.3, -0.25) is 14.9 Å². The first kappa shape index (κ1) is 20.7. The van der Waals surface area contributed by atoms with E-state index in [4.69, 9.17) is 14.2 Å². The van der Waals surface area contributed by atoms with Gasteiger partial charge in [-0.2, -0.15) is 0 Å². The number of anilines is 1. The normalized spacial score (nSPS) is 11.0. The van der Waals surface area contributed by atoms with Crippen molar-refractivity contribution in [2.24, 2.45) is 5.41 Å². The first-order valence-corrected chi connectivity index (χ1v) is 9.23. The van der Waals surface area contributed by atoms with Crippen molar-refractivity contribution in [2.45, 2.75) is 27.2 Å². The minimum atomic E-state index is -0.434. The van der Waals surface area contributed by atoms with Crippen molar-refractivity contribution in [1.29, 1.82) is 0 Å². The van der Waals surface area contributed by atoms with E-state index in [-0.39, 0.29) is 18.4 Å². The van der Waals surface area contributed by atoms with Crippen LogP contribution in [0.4, 0.5) is 5.13 Å². The van der Waals surface area contributed by atoms with Gasteiger partial charge in [0.25, 0.3) is 5.91 Å². The molecule has 0 saturated heterocycles. The molecule has 1 aromatic heterocycles. The summed E-state index contributed by atoms with van der Waals surface area (Å²) >= 11 is 1.27. The molecule has 7 nitrogen and oxygen atoms in total. The molecule has 1 heterocycles. The fourth-order valence-corrected chi connectivity index (χ4v) is 2.98. The molecule has 0 atom stereocenters. The number of thiazole rings is 1. The highest BCUT2D eigenvalue weighted by Gasteiger charge is 2.18. The van der Waals surface area contributed by atoms with Crippen LogP contribution in [0.1, 0.15) is 27.2 Å². The van der Waals surface area contributed by atoms with Gasteiger partial charge in [-0.15, -0.1) is 11.3 Å². The van der Waals surface area contributed by atoms with E-state index in [1.807, 2.05) is 26.8 Å². The van der Waals surface area contributed by atoms with E-state index < -0.39 is 11.9 Å². The van der Waals surface area contributed by atoms with Crippen LogP contribution in [-0.2, 0) is 14.3 Å². The first-order chi connectivity index (χ1) is 12.7. The summed E-state index contributed by atoms with van der Waals surface area (Å²) in [4.78, 5) is 28.1. The molecule has 27 heavy (non-hydrogen) atoms. The number of nitrogens with zero attached hydrogens (tertiary/aromatic N) is 1. The summed E-state index contributed by atoms with van der Waals surface area (Å²) in [6, 6.07) is 5.40. The van der Waals surface area contributed by atoms with Gasteiger partial charge in [0.1, 0.15) is 11.5 Å². The van der Waals surface area contributed by atoms with E-state index in [1.54, 1.807) is 31.7 Å². The Labute approximate surface area is 162 Å². The Morgan fingerprint density at radius 1 is 1.19 bits per heavy atom. The van der Waals surface area contributed by atoms with Gasteiger partial charge in [-0.1, -0.05) is 20.8 Å². The topological polar surface area (TPSA) is 86.8 Å². The van der Waals surface area contributed by atoms with Gasteiger partial charge < -0.3 is 14.2 Å². The molecule has 1 amide bonds. The van der Waals surface area contributed by atoms with Crippen LogP contribution in [-0.4, -0.2) is 37.7 Å². The maximum atomic E-state index is 12.0. The van der Waals surface area contributed by atoms with Crippen LogP contribution < -0.4 is 14.8 Å². The van der Waals surface area contributed by atoms with Gasteiger partial charge in [-0.05, 0) is 23.6 Å². The maximum absolute atomic E-state index is 12.0. The number of hydrogen-bond acceptors (Lipinski definition) is 7. The van der Waals surface area contributed by atoms with E-state index in [2.05, 4.69) is 10.3 Å². The third-order valence-electron chi connectivity index (χ3n) is 3.47. The van der Waals surface area contributed by atoms with E-state index in [9.17, 15) is 9.59 Å².